The maximum absolute atomic E-state index is 12.8. The molecule has 4 rings (SSSR count). The summed E-state index contributed by atoms with van der Waals surface area (Å²) < 4.78 is 5.44. The smallest absolute Gasteiger partial charge is 0.256 e. The van der Waals surface area contributed by atoms with E-state index in [1.807, 2.05) is 26.0 Å². The van der Waals surface area contributed by atoms with Crippen molar-refractivity contribution in [3.05, 3.63) is 40.1 Å². The molecule has 1 aromatic rings. The van der Waals surface area contributed by atoms with Gasteiger partial charge in [0, 0.05) is 18.6 Å². The average Bonchev–Trinajstić information content (AvgIpc) is 3.44. The molecule has 0 atom stereocenters. The van der Waals surface area contributed by atoms with Crippen LogP contribution in [0, 0.1) is 31.6 Å². The Bertz CT molecular complexity index is 852. The van der Waals surface area contributed by atoms with Crippen molar-refractivity contribution in [1.29, 1.82) is 0 Å². The number of ether oxygens (including phenoxy) is 1. The Morgan fingerprint density at radius 2 is 1.78 bits per heavy atom. The zero-order valence-corrected chi connectivity index (χ0v) is 16.3. The summed E-state index contributed by atoms with van der Waals surface area (Å²) in [5.74, 6) is 7.12. The molecule has 1 aliphatic heterocycles. The minimum atomic E-state index is -0.634. The van der Waals surface area contributed by atoms with Crippen LogP contribution in [0.4, 0.5) is 0 Å². The number of carbonyl (C=O) groups is 1. The molecule has 142 valence electrons. The maximum atomic E-state index is 12.8. The fraction of sp³-hybridized carbons (Fsp3) is 0.522. The van der Waals surface area contributed by atoms with Crippen LogP contribution in [0.25, 0.3) is 5.57 Å². The van der Waals surface area contributed by atoms with Crippen LogP contribution >= 0.6 is 0 Å². The van der Waals surface area contributed by atoms with Gasteiger partial charge in [0.15, 0.2) is 0 Å². The number of hydrogen-bond donors (Lipinski definition) is 2. The van der Waals surface area contributed by atoms with Crippen molar-refractivity contribution < 1.29 is 14.6 Å². The lowest BCUT2D eigenvalue weighted by atomic mass is 9.79. The van der Waals surface area contributed by atoms with Crippen LogP contribution in [0.1, 0.15) is 60.8 Å². The van der Waals surface area contributed by atoms with Gasteiger partial charge in [0.25, 0.3) is 5.91 Å². The highest BCUT2D eigenvalue weighted by Gasteiger charge is 2.48. The minimum absolute atomic E-state index is 0.175. The summed E-state index contributed by atoms with van der Waals surface area (Å²) in [5.41, 5.74) is 3.58. The Labute approximate surface area is 161 Å². The van der Waals surface area contributed by atoms with Gasteiger partial charge in [-0.3, -0.25) is 4.79 Å². The van der Waals surface area contributed by atoms with Gasteiger partial charge in [-0.15, -0.1) is 0 Å². The van der Waals surface area contributed by atoms with Gasteiger partial charge < -0.3 is 15.2 Å². The molecule has 2 saturated carbocycles. The highest BCUT2D eigenvalue weighted by atomic mass is 16.5. The van der Waals surface area contributed by atoms with Gasteiger partial charge in [-0.25, -0.2) is 0 Å². The van der Waals surface area contributed by atoms with Gasteiger partial charge in [0.1, 0.15) is 5.76 Å². The van der Waals surface area contributed by atoms with Crippen LogP contribution in [0.3, 0.4) is 0 Å². The van der Waals surface area contributed by atoms with Crippen molar-refractivity contribution in [2.45, 2.75) is 64.0 Å². The zero-order chi connectivity index (χ0) is 19.2. The van der Waals surface area contributed by atoms with Crippen molar-refractivity contribution in [3.8, 4) is 11.8 Å². The van der Waals surface area contributed by atoms with Crippen LogP contribution in [0.2, 0.25) is 0 Å². The van der Waals surface area contributed by atoms with E-state index in [1.54, 1.807) is 7.11 Å². The predicted octanol–water partition coefficient (Wildman–Crippen LogP) is 3.79. The topological polar surface area (TPSA) is 58.6 Å². The molecule has 0 aromatic heterocycles. The first-order valence-electron chi connectivity index (χ1n) is 9.86. The van der Waals surface area contributed by atoms with E-state index in [1.165, 1.54) is 12.8 Å². The number of amides is 1. The van der Waals surface area contributed by atoms with E-state index in [-0.39, 0.29) is 17.8 Å². The van der Waals surface area contributed by atoms with E-state index in [4.69, 9.17) is 4.74 Å². The van der Waals surface area contributed by atoms with E-state index in [2.05, 4.69) is 17.2 Å². The summed E-state index contributed by atoms with van der Waals surface area (Å²) in [4.78, 5) is 12.8. The first-order valence-corrected chi connectivity index (χ1v) is 9.86. The Kier molecular flexibility index (Phi) is 4.52. The van der Waals surface area contributed by atoms with Gasteiger partial charge in [0.05, 0.1) is 17.2 Å². The lowest BCUT2D eigenvalue weighted by molar-refractivity contribution is -0.116. The quantitative estimate of drug-likeness (QED) is 0.784. The number of aliphatic hydroxyl groups excluding tert-OH is 1. The Morgan fingerprint density at radius 1 is 1.15 bits per heavy atom. The SMILES string of the molecule is CO[C@H]1CC[C@]2(CC1)NC(=O)C(c1c(C)cc(C#CC3CC3)cc1C)=C2O. The molecule has 0 bridgehead atoms. The Hall–Kier alpha value is -2.25. The molecular weight excluding hydrogens is 338 g/mol. The number of aliphatic hydroxyl groups is 1. The molecule has 1 amide bonds. The summed E-state index contributed by atoms with van der Waals surface area (Å²) in [6.07, 6.45) is 5.69. The second-order valence-corrected chi connectivity index (χ2v) is 8.22. The molecule has 1 aromatic carbocycles. The third kappa shape index (κ3) is 3.26. The second kappa shape index (κ2) is 6.73. The molecule has 1 heterocycles. The number of methoxy groups -OCH3 is 1. The number of aryl methyl sites for hydroxylation is 2. The van der Waals surface area contributed by atoms with Crippen molar-refractivity contribution in [3.63, 3.8) is 0 Å². The first kappa shape index (κ1) is 18.1. The molecule has 27 heavy (non-hydrogen) atoms. The molecule has 4 heteroatoms. The van der Waals surface area contributed by atoms with Gasteiger partial charge >= 0.3 is 0 Å². The first-order chi connectivity index (χ1) is 12.9. The van der Waals surface area contributed by atoms with Gasteiger partial charge in [-0.1, -0.05) is 11.8 Å². The average molecular weight is 365 g/mol. The number of carbonyl (C=O) groups excluding carboxylic acids is 1. The normalized spacial score (nSPS) is 27.5. The van der Waals surface area contributed by atoms with Crippen LogP contribution < -0.4 is 5.32 Å². The Morgan fingerprint density at radius 3 is 2.33 bits per heavy atom. The molecular formula is C23H27NO3. The standard InChI is InChI=1S/C23H27NO3/c1-14-12-17(7-6-16-4-5-16)13-15(2)19(14)20-21(25)23(24-22(20)26)10-8-18(27-3)9-11-23/h12-13,16,18,25H,4-5,8-11H2,1-3H3,(H,24,26)/t18-,23+. The summed E-state index contributed by atoms with van der Waals surface area (Å²) in [7, 11) is 1.72. The summed E-state index contributed by atoms with van der Waals surface area (Å²) in [6.45, 7) is 3.98. The zero-order valence-electron chi connectivity index (χ0n) is 16.3. The highest BCUT2D eigenvalue weighted by molar-refractivity contribution is 6.24. The number of nitrogens with one attached hydrogen (secondary N) is 1. The third-order valence-corrected chi connectivity index (χ3v) is 6.17. The molecule has 1 spiro atoms. The molecule has 2 aliphatic carbocycles. The highest BCUT2D eigenvalue weighted by Crippen LogP contribution is 2.43. The number of hydrogen-bond acceptors (Lipinski definition) is 3. The minimum Gasteiger partial charge on any atom is -0.509 e. The molecule has 2 fully saturated rings. The van der Waals surface area contributed by atoms with Gasteiger partial charge in [-0.2, -0.15) is 0 Å². The van der Waals surface area contributed by atoms with Crippen molar-refractivity contribution >= 4 is 11.5 Å². The van der Waals surface area contributed by atoms with Crippen LogP contribution in [0.15, 0.2) is 17.9 Å². The predicted molar refractivity (Wildman–Crippen MR) is 105 cm³/mol. The van der Waals surface area contributed by atoms with E-state index in [9.17, 15) is 9.90 Å². The summed E-state index contributed by atoms with van der Waals surface area (Å²) in [6, 6.07) is 4.05. The van der Waals surface area contributed by atoms with E-state index in [0.29, 0.717) is 24.3 Å². The van der Waals surface area contributed by atoms with E-state index in [0.717, 1.165) is 35.1 Å². The van der Waals surface area contributed by atoms with E-state index < -0.39 is 5.54 Å². The fourth-order valence-electron chi connectivity index (χ4n) is 4.44. The maximum Gasteiger partial charge on any atom is 0.256 e. The van der Waals surface area contributed by atoms with Crippen LogP contribution in [0.5, 0.6) is 0 Å². The largest absolute Gasteiger partial charge is 0.509 e. The van der Waals surface area contributed by atoms with Crippen LogP contribution in [-0.4, -0.2) is 29.8 Å². The fourth-order valence-corrected chi connectivity index (χ4v) is 4.44. The monoisotopic (exact) mass is 365 g/mol. The lowest BCUT2D eigenvalue weighted by Crippen LogP contribution is -2.48. The van der Waals surface area contributed by atoms with Crippen LogP contribution in [-0.2, 0) is 9.53 Å². The number of rotatable bonds is 2. The van der Waals surface area contributed by atoms with Crippen molar-refractivity contribution in [2.24, 2.45) is 5.92 Å². The lowest BCUT2D eigenvalue weighted by Gasteiger charge is -2.36. The molecule has 0 unspecified atom stereocenters. The van der Waals surface area contributed by atoms with Crippen molar-refractivity contribution in [2.75, 3.05) is 7.11 Å². The molecule has 0 radical (unpaired) electrons. The third-order valence-electron chi connectivity index (χ3n) is 6.17. The number of benzene rings is 1. The summed E-state index contributed by atoms with van der Waals surface area (Å²) in [5, 5.41) is 14.2. The molecule has 0 saturated heterocycles. The molecule has 4 nitrogen and oxygen atoms in total. The van der Waals surface area contributed by atoms with Gasteiger partial charge in [0.2, 0.25) is 0 Å². The van der Waals surface area contributed by atoms with E-state index >= 15 is 0 Å². The summed E-state index contributed by atoms with van der Waals surface area (Å²) >= 11 is 0. The molecule has 3 aliphatic rings. The second-order valence-electron chi connectivity index (χ2n) is 8.22. The molecule has 2 N–H and O–H groups in total. The van der Waals surface area contributed by atoms with Gasteiger partial charge in [-0.05, 0) is 81.2 Å². The Balaban J connectivity index is 1.70. The van der Waals surface area contributed by atoms with Crippen molar-refractivity contribution in [1.82, 2.24) is 5.32 Å².